The van der Waals surface area contributed by atoms with Crippen molar-refractivity contribution in [1.82, 2.24) is 10.5 Å². The molecule has 0 aromatic carbocycles. The third kappa shape index (κ3) is 2.76. The average Bonchev–Trinajstić information content (AvgIpc) is 2.84. The lowest BCUT2D eigenvalue weighted by atomic mass is 10.1. The SMILES string of the molecule is Cc1cc(C(=O)NCC2CCC(Cl)C2)on1. The van der Waals surface area contributed by atoms with E-state index in [4.69, 9.17) is 16.1 Å². The Morgan fingerprint density at radius 2 is 2.50 bits per heavy atom. The Morgan fingerprint density at radius 3 is 3.06 bits per heavy atom. The summed E-state index contributed by atoms with van der Waals surface area (Å²) >= 11 is 6.00. The van der Waals surface area contributed by atoms with E-state index in [9.17, 15) is 4.79 Å². The quantitative estimate of drug-likeness (QED) is 0.826. The zero-order valence-corrected chi connectivity index (χ0v) is 9.96. The predicted octanol–water partition coefficient (Wildman–Crippen LogP) is 2.12. The Kier molecular flexibility index (Phi) is 3.49. The molecule has 1 N–H and O–H groups in total. The first-order valence-electron chi connectivity index (χ1n) is 5.50. The van der Waals surface area contributed by atoms with Crippen LogP contribution in [0.3, 0.4) is 0 Å². The van der Waals surface area contributed by atoms with Crippen molar-refractivity contribution in [1.29, 1.82) is 0 Å². The van der Waals surface area contributed by atoms with Crippen LogP contribution in [0.4, 0.5) is 0 Å². The van der Waals surface area contributed by atoms with Crippen LogP contribution in [0, 0.1) is 12.8 Å². The van der Waals surface area contributed by atoms with Crippen LogP contribution < -0.4 is 5.32 Å². The second kappa shape index (κ2) is 4.87. The third-order valence-corrected chi connectivity index (χ3v) is 3.28. The zero-order chi connectivity index (χ0) is 11.5. The van der Waals surface area contributed by atoms with Crippen molar-refractivity contribution in [2.75, 3.05) is 6.54 Å². The molecule has 0 bridgehead atoms. The van der Waals surface area contributed by atoms with Crippen molar-refractivity contribution in [3.8, 4) is 0 Å². The van der Waals surface area contributed by atoms with Gasteiger partial charge in [-0.25, -0.2) is 0 Å². The summed E-state index contributed by atoms with van der Waals surface area (Å²) in [7, 11) is 0. The van der Waals surface area contributed by atoms with Crippen molar-refractivity contribution in [3.05, 3.63) is 17.5 Å². The number of hydrogen-bond donors (Lipinski definition) is 1. The van der Waals surface area contributed by atoms with Gasteiger partial charge < -0.3 is 9.84 Å². The summed E-state index contributed by atoms with van der Waals surface area (Å²) in [6, 6.07) is 1.63. The molecular formula is C11H15ClN2O2. The van der Waals surface area contributed by atoms with E-state index in [0.29, 0.717) is 18.2 Å². The summed E-state index contributed by atoms with van der Waals surface area (Å²) < 4.78 is 4.87. The minimum Gasteiger partial charge on any atom is -0.351 e. The minimum absolute atomic E-state index is 0.196. The first kappa shape index (κ1) is 11.5. The number of hydrogen-bond acceptors (Lipinski definition) is 3. The first-order chi connectivity index (χ1) is 7.65. The summed E-state index contributed by atoms with van der Waals surface area (Å²) in [4.78, 5) is 11.6. The molecule has 5 heteroatoms. The summed E-state index contributed by atoms with van der Waals surface area (Å²) in [6.07, 6.45) is 3.12. The number of amides is 1. The first-order valence-corrected chi connectivity index (χ1v) is 5.94. The number of nitrogens with zero attached hydrogens (tertiary/aromatic N) is 1. The van der Waals surface area contributed by atoms with Crippen molar-refractivity contribution in [2.45, 2.75) is 31.6 Å². The fourth-order valence-corrected chi connectivity index (χ4v) is 2.37. The van der Waals surface area contributed by atoms with Crippen LogP contribution in [0.15, 0.2) is 10.6 Å². The van der Waals surface area contributed by atoms with E-state index >= 15 is 0 Å². The van der Waals surface area contributed by atoms with Crippen molar-refractivity contribution in [3.63, 3.8) is 0 Å². The largest absolute Gasteiger partial charge is 0.351 e. The van der Waals surface area contributed by atoms with Gasteiger partial charge in [-0.05, 0) is 32.1 Å². The minimum atomic E-state index is -0.196. The molecule has 0 aliphatic heterocycles. The summed E-state index contributed by atoms with van der Waals surface area (Å²) in [5, 5.41) is 6.79. The fraction of sp³-hybridized carbons (Fsp3) is 0.636. The number of rotatable bonds is 3. The second-order valence-electron chi connectivity index (χ2n) is 4.32. The van der Waals surface area contributed by atoms with E-state index in [1.165, 1.54) is 0 Å². The molecule has 1 aliphatic carbocycles. The smallest absolute Gasteiger partial charge is 0.289 e. The van der Waals surface area contributed by atoms with Crippen molar-refractivity contribution >= 4 is 17.5 Å². The van der Waals surface area contributed by atoms with Crippen LogP contribution in [-0.4, -0.2) is 23.0 Å². The number of halogens is 1. The second-order valence-corrected chi connectivity index (χ2v) is 4.94. The number of aryl methyl sites for hydroxylation is 1. The van der Waals surface area contributed by atoms with Gasteiger partial charge in [0.15, 0.2) is 0 Å². The molecule has 1 aliphatic rings. The van der Waals surface area contributed by atoms with Crippen LogP contribution in [-0.2, 0) is 0 Å². The number of carbonyl (C=O) groups excluding carboxylic acids is 1. The molecule has 2 rings (SSSR count). The van der Waals surface area contributed by atoms with Crippen LogP contribution >= 0.6 is 11.6 Å². The molecule has 1 amide bonds. The number of carbonyl (C=O) groups is 1. The fourth-order valence-electron chi connectivity index (χ4n) is 1.99. The standard InChI is InChI=1S/C11H15ClN2O2/c1-7-4-10(16-14-7)11(15)13-6-8-2-3-9(12)5-8/h4,8-9H,2-3,5-6H2,1H3,(H,13,15). The maximum absolute atomic E-state index is 11.6. The maximum Gasteiger partial charge on any atom is 0.289 e. The normalized spacial score (nSPS) is 24.6. The van der Waals surface area contributed by atoms with Crippen LogP contribution in [0.5, 0.6) is 0 Å². The van der Waals surface area contributed by atoms with Crippen molar-refractivity contribution < 1.29 is 9.32 Å². The van der Waals surface area contributed by atoms with Gasteiger partial charge in [0, 0.05) is 18.0 Å². The lowest BCUT2D eigenvalue weighted by Crippen LogP contribution is -2.28. The monoisotopic (exact) mass is 242 g/mol. The number of alkyl halides is 1. The van der Waals surface area contributed by atoms with E-state index in [0.717, 1.165) is 19.3 Å². The Hall–Kier alpha value is -1.03. The average molecular weight is 243 g/mol. The number of nitrogens with one attached hydrogen (secondary N) is 1. The molecule has 1 saturated carbocycles. The van der Waals surface area contributed by atoms with Gasteiger partial charge in [-0.15, -0.1) is 11.6 Å². The Bertz CT molecular complexity index is 378. The van der Waals surface area contributed by atoms with E-state index < -0.39 is 0 Å². The summed E-state index contributed by atoms with van der Waals surface area (Å²) in [5.41, 5.74) is 0.715. The Balaban J connectivity index is 1.80. The molecule has 88 valence electrons. The van der Waals surface area contributed by atoms with Gasteiger partial charge in [0.25, 0.3) is 5.91 Å². The van der Waals surface area contributed by atoms with Crippen molar-refractivity contribution in [2.24, 2.45) is 5.92 Å². The van der Waals surface area contributed by atoms with Gasteiger partial charge in [-0.3, -0.25) is 4.79 Å². The van der Waals surface area contributed by atoms with Gasteiger partial charge in [0.05, 0.1) is 5.69 Å². The molecule has 4 nitrogen and oxygen atoms in total. The van der Waals surface area contributed by atoms with Crippen LogP contribution in [0.1, 0.15) is 35.5 Å². The molecule has 1 heterocycles. The lowest BCUT2D eigenvalue weighted by Gasteiger charge is -2.09. The molecule has 0 radical (unpaired) electrons. The molecule has 1 aromatic rings. The van der Waals surface area contributed by atoms with Gasteiger partial charge in [0.2, 0.25) is 5.76 Å². The molecule has 16 heavy (non-hydrogen) atoms. The highest BCUT2D eigenvalue weighted by atomic mass is 35.5. The van der Waals surface area contributed by atoms with Gasteiger partial charge >= 0.3 is 0 Å². The molecule has 0 saturated heterocycles. The molecule has 2 atom stereocenters. The highest BCUT2D eigenvalue weighted by Gasteiger charge is 2.23. The number of aromatic nitrogens is 1. The van der Waals surface area contributed by atoms with Gasteiger partial charge in [-0.2, -0.15) is 0 Å². The predicted molar refractivity (Wildman–Crippen MR) is 60.6 cm³/mol. The van der Waals surface area contributed by atoms with E-state index in [2.05, 4.69) is 10.5 Å². The lowest BCUT2D eigenvalue weighted by molar-refractivity contribution is 0.0910. The summed E-state index contributed by atoms with van der Waals surface area (Å²) in [5.74, 6) is 0.576. The van der Waals surface area contributed by atoms with E-state index in [1.807, 2.05) is 0 Å². The van der Waals surface area contributed by atoms with E-state index in [-0.39, 0.29) is 17.0 Å². The van der Waals surface area contributed by atoms with E-state index in [1.54, 1.807) is 13.0 Å². The third-order valence-electron chi connectivity index (χ3n) is 2.88. The highest BCUT2D eigenvalue weighted by molar-refractivity contribution is 6.20. The molecule has 1 fully saturated rings. The van der Waals surface area contributed by atoms with Crippen LogP contribution in [0.2, 0.25) is 0 Å². The molecule has 2 unspecified atom stereocenters. The van der Waals surface area contributed by atoms with Gasteiger partial charge in [0.1, 0.15) is 0 Å². The molecular weight excluding hydrogens is 228 g/mol. The topological polar surface area (TPSA) is 55.1 Å². The van der Waals surface area contributed by atoms with Crippen LogP contribution in [0.25, 0.3) is 0 Å². The zero-order valence-electron chi connectivity index (χ0n) is 9.20. The highest BCUT2D eigenvalue weighted by Crippen LogP contribution is 2.28. The Labute approximate surface area is 99.3 Å². The molecule has 0 spiro atoms. The summed E-state index contributed by atoms with van der Waals surface area (Å²) in [6.45, 7) is 2.46. The molecule has 1 aromatic heterocycles. The Morgan fingerprint density at radius 1 is 1.69 bits per heavy atom. The van der Waals surface area contributed by atoms with Gasteiger partial charge in [-0.1, -0.05) is 5.16 Å². The maximum atomic E-state index is 11.6.